The van der Waals surface area contributed by atoms with Gasteiger partial charge in [-0.3, -0.25) is 0 Å². The van der Waals surface area contributed by atoms with E-state index in [1.165, 1.54) is 16.7 Å². The highest BCUT2D eigenvalue weighted by molar-refractivity contribution is 5.28. The standard InChI is InChI=1S/C21H28O2/c1-18-6-8-19(9-7-18)10-11-20-12-14-21(15-13-20)23-17-5-3-4-16-22-2/h6-9,12-15H,3-5,10-11,16-17H2,1-2H3. The van der Waals surface area contributed by atoms with Crippen LogP contribution >= 0.6 is 0 Å². The summed E-state index contributed by atoms with van der Waals surface area (Å²) in [5.41, 5.74) is 4.07. The Morgan fingerprint density at radius 1 is 0.696 bits per heavy atom. The average Bonchev–Trinajstić information content (AvgIpc) is 2.58. The van der Waals surface area contributed by atoms with Crippen LogP contribution in [0.25, 0.3) is 0 Å². The van der Waals surface area contributed by atoms with Crippen LogP contribution in [0.15, 0.2) is 48.5 Å². The number of methoxy groups -OCH3 is 1. The molecule has 0 atom stereocenters. The van der Waals surface area contributed by atoms with Crippen LogP contribution in [-0.2, 0) is 17.6 Å². The van der Waals surface area contributed by atoms with Crippen LogP contribution in [0.1, 0.15) is 36.0 Å². The molecule has 0 saturated carbocycles. The van der Waals surface area contributed by atoms with E-state index in [9.17, 15) is 0 Å². The molecule has 0 spiro atoms. The van der Waals surface area contributed by atoms with Crippen molar-refractivity contribution in [1.29, 1.82) is 0 Å². The largest absolute Gasteiger partial charge is 0.494 e. The van der Waals surface area contributed by atoms with Crippen LogP contribution in [0.3, 0.4) is 0 Å². The van der Waals surface area contributed by atoms with Crippen molar-refractivity contribution in [2.75, 3.05) is 20.3 Å². The number of hydrogen-bond acceptors (Lipinski definition) is 2. The third kappa shape index (κ3) is 6.87. The van der Waals surface area contributed by atoms with Crippen molar-refractivity contribution in [1.82, 2.24) is 0 Å². The Hall–Kier alpha value is -1.80. The lowest BCUT2D eigenvalue weighted by Gasteiger charge is -2.07. The molecular weight excluding hydrogens is 284 g/mol. The predicted molar refractivity (Wildman–Crippen MR) is 96.3 cm³/mol. The number of hydrogen-bond donors (Lipinski definition) is 0. The van der Waals surface area contributed by atoms with E-state index in [1.807, 2.05) is 0 Å². The van der Waals surface area contributed by atoms with Crippen LogP contribution in [-0.4, -0.2) is 20.3 Å². The molecular formula is C21H28O2. The van der Waals surface area contributed by atoms with Crippen LogP contribution in [0.4, 0.5) is 0 Å². The van der Waals surface area contributed by atoms with E-state index in [1.54, 1.807) is 7.11 Å². The Balaban J connectivity index is 1.68. The molecule has 2 aromatic carbocycles. The summed E-state index contributed by atoms with van der Waals surface area (Å²) in [6, 6.07) is 17.3. The molecule has 2 nitrogen and oxygen atoms in total. The van der Waals surface area contributed by atoms with Crippen LogP contribution in [0.5, 0.6) is 5.75 Å². The number of unbranched alkanes of at least 4 members (excludes halogenated alkanes) is 2. The number of rotatable bonds is 10. The first-order chi connectivity index (χ1) is 11.3. The lowest BCUT2D eigenvalue weighted by atomic mass is 10.0. The van der Waals surface area contributed by atoms with Gasteiger partial charge in [0.25, 0.3) is 0 Å². The molecule has 0 aliphatic carbocycles. The van der Waals surface area contributed by atoms with Crippen LogP contribution < -0.4 is 4.74 Å². The zero-order valence-electron chi connectivity index (χ0n) is 14.4. The summed E-state index contributed by atoms with van der Waals surface area (Å²) in [4.78, 5) is 0. The fraction of sp³-hybridized carbons (Fsp3) is 0.429. The third-order valence-electron chi connectivity index (χ3n) is 4.01. The zero-order chi connectivity index (χ0) is 16.3. The summed E-state index contributed by atoms with van der Waals surface area (Å²) >= 11 is 0. The van der Waals surface area contributed by atoms with E-state index in [4.69, 9.17) is 9.47 Å². The van der Waals surface area contributed by atoms with Gasteiger partial charge in [0.05, 0.1) is 6.61 Å². The summed E-state index contributed by atoms with van der Waals surface area (Å²) in [6.45, 7) is 3.75. The van der Waals surface area contributed by atoms with E-state index in [0.29, 0.717) is 0 Å². The van der Waals surface area contributed by atoms with E-state index < -0.39 is 0 Å². The third-order valence-corrected chi connectivity index (χ3v) is 4.01. The Morgan fingerprint density at radius 2 is 1.26 bits per heavy atom. The molecule has 0 saturated heterocycles. The molecule has 2 heteroatoms. The molecule has 0 bridgehead atoms. The quantitative estimate of drug-likeness (QED) is 0.576. The van der Waals surface area contributed by atoms with Crippen molar-refractivity contribution < 1.29 is 9.47 Å². The normalized spacial score (nSPS) is 10.7. The highest BCUT2D eigenvalue weighted by Crippen LogP contribution is 2.15. The maximum Gasteiger partial charge on any atom is 0.119 e. The van der Waals surface area contributed by atoms with Gasteiger partial charge in [0.1, 0.15) is 5.75 Å². The molecule has 2 rings (SSSR count). The molecule has 0 aliphatic heterocycles. The highest BCUT2D eigenvalue weighted by Gasteiger charge is 1.98. The molecule has 23 heavy (non-hydrogen) atoms. The lowest BCUT2D eigenvalue weighted by molar-refractivity contribution is 0.189. The van der Waals surface area contributed by atoms with E-state index >= 15 is 0 Å². The second kappa shape index (κ2) is 10.1. The van der Waals surface area contributed by atoms with Gasteiger partial charge >= 0.3 is 0 Å². The van der Waals surface area contributed by atoms with E-state index in [0.717, 1.165) is 51.1 Å². The molecule has 0 N–H and O–H groups in total. The fourth-order valence-electron chi connectivity index (χ4n) is 2.51. The Kier molecular flexibility index (Phi) is 7.68. The lowest BCUT2D eigenvalue weighted by Crippen LogP contribution is -1.99. The van der Waals surface area contributed by atoms with Gasteiger partial charge in [0.2, 0.25) is 0 Å². The smallest absolute Gasteiger partial charge is 0.119 e. The fourth-order valence-corrected chi connectivity index (χ4v) is 2.51. The van der Waals surface area contributed by atoms with Crippen molar-refractivity contribution in [3.05, 3.63) is 65.2 Å². The predicted octanol–water partition coefficient (Wildman–Crippen LogP) is 4.98. The summed E-state index contributed by atoms with van der Waals surface area (Å²) in [6.07, 6.45) is 5.50. The molecule has 0 unspecified atom stereocenters. The van der Waals surface area contributed by atoms with Gasteiger partial charge < -0.3 is 9.47 Å². The first-order valence-electron chi connectivity index (χ1n) is 8.54. The topological polar surface area (TPSA) is 18.5 Å². The summed E-state index contributed by atoms with van der Waals surface area (Å²) in [5.74, 6) is 0.968. The molecule has 0 radical (unpaired) electrons. The second-order valence-electron chi connectivity index (χ2n) is 6.03. The van der Waals surface area contributed by atoms with Gasteiger partial charge in [0, 0.05) is 13.7 Å². The van der Waals surface area contributed by atoms with E-state index in [-0.39, 0.29) is 0 Å². The zero-order valence-corrected chi connectivity index (χ0v) is 14.4. The molecule has 2 aromatic rings. The van der Waals surface area contributed by atoms with Gasteiger partial charge in [-0.25, -0.2) is 0 Å². The average molecular weight is 312 g/mol. The molecule has 0 aliphatic rings. The number of aryl methyl sites for hydroxylation is 3. The summed E-state index contributed by atoms with van der Waals surface area (Å²) in [5, 5.41) is 0. The molecule has 124 valence electrons. The first-order valence-corrected chi connectivity index (χ1v) is 8.54. The maximum atomic E-state index is 5.78. The van der Waals surface area contributed by atoms with E-state index in [2.05, 4.69) is 55.5 Å². The molecule has 0 aromatic heterocycles. The van der Waals surface area contributed by atoms with Gasteiger partial charge in [-0.05, 0) is 62.3 Å². The molecule has 0 amide bonds. The van der Waals surface area contributed by atoms with Gasteiger partial charge in [0.15, 0.2) is 0 Å². The van der Waals surface area contributed by atoms with Crippen molar-refractivity contribution in [3.8, 4) is 5.75 Å². The van der Waals surface area contributed by atoms with Crippen molar-refractivity contribution in [3.63, 3.8) is 0 Å². The van der Waals surface area contributed by atoms with Crippen molar-refractivity contribution in [2.24, 2.45) is 0 Å². The van der Waals surface area contributed by atoms with Gasteiger partial charge in [-0.2, -0.15) is 0 Å². The summed E-state index contributed by atoms with van der Waals surface area (Å²) in [7, 11) is 1.75. The number of ether oxygens (including phenoxy) is 2. The van der Waals surface area contributed by atoms with Gasteiger partial charge in [-0.1, -0.05) is 42.0 Å². The van der Waals surface area contributed by atoms with Crippen LogP contribution in [0, 0.1) is 6.92 Å². The van der Waals surface area contributed by atoms with Crippen LogP contribution in [0.2, 0.25) is 0 Å². The molecule has 0 fully saturated rings. The highest BCUT2D eigenvalue weighted by atomic mass is 16.5. The number of benzene rings is 2. The second-order valence-corrected chi connectivity index (χ2v) is 6.03. The van der Waals surface area contributed by atoms with Crippen molar-refractivity contribution in [2.45, 2.75) is 39.0 Å². The maximum absolute atomic E-state index is 5.78. The summed E-state index contributed by atoms with van der Waals surface area (Å²) < 4.78 is 10.8. The Morgan fingerprint density at radius 3 is 1.87 bits per heavy atom. The monoisotopic (exact) mass is 312 g/mol. The Labute approximate surface area is 140 Å². The SMILES string of the molecule is COCCCCCOc1ccc(CCc2ccc(C)cc2)cc1. The minimum absolute atomic E-state index is 0.784. The Bertz CT molecular complexity index is 543. The molecule has 0 heterocycles. The first kappa shape index (κ1) is 17.6. The minimum atomic E-state index is 0.784. The van der Waals surface area contributed by atoms with Crippen molar-refractivity contribution >= 4 is 0 Å². The minimum Gasteiger partial charge on any atom is -0.494 e. The van der Waals surface area contributed by atoms with Gasteiger partial charge in [-0.15, -0.1) is 0 Å².